The number of carbonyl (C=O) groups excluding carboxylic acids is 2. The highest BCUT2D eigenvalue weighted by molar-refractivity contribution is 6.30. The Morgan fingerprint density at radius 3 is 2.66 bits per heavy atom. The highest BCUT2D eigenvalue weighted by atomic mass is 35.5. The molecule has 7 nitrogen and oxygen atoms in total. The van der Waals surface area contributed by atoms with Gasteiger partial charge in [0.25, 0.3) is 5.91 Å². The van der Waals surface area contributed by atoms with Gasteiger partial charge in [-0.1, -0.05) is 23.7 Å². The number of rotatable bonds is 6. The van der Waals surface area contributed by atoms with Crippen molar-refractivity contribution in [3.63, 3.8) is 0 Å². The van der Waals surface area contributed by atoms with Gasteiger partial charge < -0.3 is 19.7 Å². The lowest BCUT2D eigenvalue weighted by Crippen LogP contribution is -2.48. The van der Waals surface area contributed by atoms with E-state index in [-0.39, 0.29) is 11.8 Å². The largest absolute Gasteiger partial charge is 0.479 e. The molecule has 32 heavy (non-hydrogen) atoms. The van der Waals surface area contributed by atoms with Crippen molar-refractivity contribution in [3.05, 3.63) is 59.1 Å². The zero-order chi connectivity index (χ0) is 22.5. The number of nitrogens with zero attached hydrogens (tertiary/aromatic N) is 2. The average Bonchev–Trinajstić information content (AvgIpc) is 2.80. The lowest BCUT2D eigenvalue weighted by molar-refractivity contribution is -0.125. The van der Waals surface area contributed by atoms with Crippen LogP contribution in [0.25, 0.3) is 6.08 Å². The Hall–Kier alpha value is -2.87. The molecule has 1 fully saturated rings. The first kappa shape index (κ1) is 22.3. The summed E-state index contributed by atoms with van der Waals surface area (Å²) >= 11 is 5.88. The Morgan fingerprint density at radius 1 is 1.16 bits per heavy atom. The molecule has 1 unspecified atom stereocenters. The van der Waals surface area contributed by atoms with Crippen LogP contribution in [0.5, 0.6) is 5.75 Å². The maximum absolute atomic E-state index is 12.7. The molecule has 0 spiro atoms. The van der Waals surface area contributed by atoms with Crippen molar-refractivity contribution in [3.8, 4) is 5.75 Å². The summed E-state index contributed by atoms with van der Waals surface area (Å²) in [6, 6.07) is 12.6. The smallest absolute Gasteiger partial charge is 0.267 e. The fourth-order valence-corrected chi connectivity index (χ4v) is 3.84. The second kappa shape index (κ2) is 10.2. The van der Waals surface area contributed by atoms with Crippen molar-refractivity contribution in [1.82, 2.24) is 4.90 Å². The van der Waals surface area contributed by atoms with E-state index in [1.165, 1.54) is 6.08 Å². The third kappa shape index (κ3) is 5.48. The fourth-order valence-electron chi connectivity index (χ4n) is 3.71. The number of carbonyl (C=O) groups is 2. The SMILES string of the molecule is CC1Oc2cc(NC(=O)/C=C/c3ccc(Cl)cc3)ccc2N(CCN2CCOCC2)C1=O. The highest BCUT2D eigenvalue weighted by Crippen LogP contribution is 2.36. The molecule has 168 valence electrons. The maximum Gasteiger partial charge on any atom is 0.267 e. The molecule has 0 radical (unpaired) electrons. The predicted molar refractivity (Wildman–Crippen MR) is 125 cm³/mol. The second-order valence-electron chi connectivity index (χ2n) is 7.76. The fraction of sp³-hybridized carbons (Fsp3) is 0.333. The Labute approximate surface area is 192 Å². The third-order valence-electron chi connectivity index (χ3n) is 5.48. The number of hydrogen-bond donors (Lipinski definition) is 1. The third-order valence-corrected chi connectivity index (χ3v) is 5.73. The van der Waals surface area contributed by atoms with E-state index in [1.54, 1.807) is 42.2 Å². The summed E-state index contributed by atoms with van der Waals surface area (Å²) in [5.74, 6) is 0.260. The lowest BCUT2D eigenvalue weighted by atomic mass is 10.1. The van der Waals surface area contributed by atoms with Gasteiger partial charge in [0.2, 0.25) is 5.91 Å². The Bertz CT molecular complexity index is 1000. The molecule has 1 atom stereocenters. The van der Waals surface area contributed by atoms with Crippen LogP contribution in [0.2, 0.25) is 5.02 Å². The molecule has 1 saturated heterocycles. The van der Waals surface area contributed by atoms with Crippen LogP contribution in [-0.2, 0) is 14.3 Å². The summed E-state index contributed by atoms with van der Waals surface area (Å²) in [5, 5.41) is 3.49. The van der Waals surface area contributed by atoms with E-state index in [1.807, 2.05) is 18.2 Å². The molecule has 0 aliphatic carbocycles. The van der Waals surface area contributed by atoms with Crippen LogP contribution in [0.1, 0.15) is 12.5 Å². The molecule has 2 heterocycles. The molecule has 0 bridgehead atoms. The molecule has 2 aliphatic heterocycles. The van der Waals surface area contributed by atoms with Crippen molar-refractivity contribution < 1.29 is 19.1 Å². The molecule has 0 saturated carbocycles. The number of hydrogen-bond acceptors (Lipinski definition) is 5. The number of morpholine rings is 1. The minimum Gasteiger partial charge on any atom is -0.479 e. The summed E-state index contributed by atoms with van der Waals surface area (Å²) in [6.07, 6.45) is 2.60. The zero-order valence-corrected chi connectivity index (χ0v) is 18.7. The minimum absolute atomic E-state index is 0.0616. The van der Waals surface area contributed by atoms with Crippen LogP contribution in [0, 0.1) is 0 Å². The minimum atomic E-state index is -0.581. The quantitative estimate of drug-likeness (QED) is 0.676. The van der Waals surface area contributed by atoms with Crippen molar-refractivity contribution >= 4 is 40.9 Å². The number of anilines is 2. The Balaban J connectivity index is 1.43. The molecule has 2 aromatic carbocycles. The van der Waals surface area contributed by atoms with Gasteiger partial charge in [-0.15, -0.1) is 0 Å². The number of halogens is 1. The van der Waals surface area contributed by atoms with Crippen LogP contribution in [0.4, 0.5) is 11.4 Å². The van der Waals surface area contributed by atoms with Crippen LogP contribution in [-0.4, -0.2) is 62.2 Å². The maximum atomic E-state index is 12.7. The topological polar surface area (TPSA) is 71.1 Å². The van der Waals surface area contributed by atoms with Crippen molar-refractivity contribution in [1.29, 1.82) is 0 Å². The first-order valence-electron chi connectivity index (χ1n) is 10.7. The number of ether oxygens (including phenoxy) is 2. The van der Waals surface area contributed by atoms with Gasteiger partial charge in [-0.2, -0.15) is 0 Å². The molecule has 2 aromatic rings. The van der Waals surface area contributed by atoms with Gasteiger partial charge in [0, 0.05) is 49.0 Å². The van der Waals surface area contributed by atoms with Crippen LogP contribution >= 0.6 is 11.6 Å². The number of benzene rings is 2. The monoisotopic (exact) mass is 455 g/mol. The summed E-state index contributed by atoms with van der Waals surface area (Å²) < 4.78 is 11.2. The standard InChI is InChI=1S/C24H26ClN3O4/c1-17-24(30)28(11-10-27-12-14-31-15-13-27)21-8-7-20(16-22(21)32-17)26-23(29)9-4-18-2-5-19(25)6-3-18/h2-9,16-17H,10-15H2,1H3,(H,26,29)/b9-4+. The molecule has 2 aliphatic rings. The van der Waals surface area contributed by atoms with Crippen LogP contribution in [0.15, 0.2) is 48.5 Å². The number of nitrogens with one attached hydrogen (secondary N) is 1. The van der Waals surface area contributed by atoms with E-state index in [2.05, 4.69) is 10.2 Å². The van der Waals surface area contributed by atoms with Gasteiger partial charge in [-0.05, 0) is 42.8 Å². The number of amides is 2. The molecule has 1 N–H and O–H groups in total. The Morgan fingerprint density at radius 2 is 1.91 bits per heavy atom. The van der Waals surface area contributed by atoms with E-state index in [0.717, 1.165) is 44.1 Å². The van der Waals surface area contributed by atoms with Crippen molar-refractivity contribution in [2.24, 2.45) is 0 Å². The Kier molecular flexibility index (Phi) is 7.09. The number of fused-ring (bicyclic) bond motifs is 1. The average molecular weight is 456 g/mol. The normalized spacial score (nSPS) is 19.0. The first-order valence-corrected chi connectivity index (χ1v) is 11.0. The predicted octanol–water partition coefficient (Wildman–Crippen LogP) is 3.44. The summed E-state index contributed by atoms with van der Waals surface area (Å²) in [6.45, 7) is 6.28. The van der Waals surface area contributed by atoms with Gasteiger partial charge in [0.1, 0.15) is 5.75 Å². The molecule has 0 aromatic heterocycles. The molecule has 2 amide bonds. The van der Waals surface area contributed by atoms with Gasteiger partial charge in [0.15, 0.2) is 6.10 Å². The summed E-state index contributed by atoms with van der Waals surface area (Å²) in [7, 11) is 0. The zero-order valence-electron chi connectivity index (χ0n) is 17.9. The van der Waals surface area contributed by atoms with Gasteiger partial charge >= 0.3 is 0 Å². The van der Waals surface area contributed by atoms with Crippen molar-refractivity contribution in [2.45, 2.75) is 13.0 Å². The summed E-state index contributed by atoms with van der Waals surface area (Å²) in [5.41, 5.74) is 2.20. The van der Waals surface area contributed by atoms with Gasteiger partial charge in [0.05, 0.1) is 18.9 Å². The van der Waals surface area contributed by atoms with Crippen LogP contribution in [0.3, 0.4) is 0 Å². The molecular formula is C24H26ClN3O4. The van der Waals surface area contributed by atoms with E-state index in [0.29, 0.717) is 23.0 Å². The van der Waals surface area contributed by atoms with E-state index < -0.39 is 6.10 Å². The van der Waals surface area contributed by atoms with Crippen molar-refractivity contribution in [2.75, 3.05) is 49.6 Å². The van der Waals surface area contributed by atoms with Crippen LogP contribution < -0.4 is 15.0 Å². The van der Waals surface area contributed by atoms with E-state index in [9.17, 15) is 9.59 Å². The molecule has 4 rings (SSSR count). The highest BCUT2D eigenvalue weighted by Gasteiger charge is 2.32. The van der Waals surface area contributed by atoms with Gasteiger partial charge in [-0.3, -0.25) is 14.5 Å². The molecular weight excluding hydrogens is 430 g/mol. The molecule has 8 heteroatoms. The second-order valence-corrected chi connectivity index (χ2v) is 8.20. The van der Waals surface area contributed by atoms with E-state index in [4.69, 9.17) is 21.1 Å². The first-order chi connectivity index (χ1) is 15.5. The summed E-state index contributed by atoms with van der Waals surface area (Å²) in [4.78, 5) is 29.1. The van der Waals surface area contributed by atoms with E-state index >= 15 is 0 Å². The van der Waals surface area contributed by atoms with Gasteiger partial charge in [-0.25, -0.2) is 0 Å². The lowest BCUT2D eigenvalue weighted by Gasteiger charge is -2.35.